The molecule has 1 aromatic carbocycles. The lowest BCUT2D eigenvalue weighted by Crippen LogP contribution is -2.22. The van der Waals surface area contributed by atoms with E-state index >= 15 is 0 Å². The quantitative estimate of drug-likeness (QED) is 0.785. The molecule has 2 heterocycles. The molecule has 0 radical (unpaired) electrons. The van der Waals surface area contributed by atoms with Gasteiger partial charge in [-0.1, -0.05) is 17.7 Å². The third-order valence-electron chi connectivity index (χ3n) is 3.35. The van der Waals surface area contributed by atoms with Crippen LogP contribution >= 0.6 is 23.2 Å². The Hall–Kier alpha value is -0.770. The molecule has 1 aromatic heterocycles. The van der Waals surface area contributed by atoms with Crippen molar-refractivity contribution in [3.63, 3.8) is 0 Å². The van der Waals surface area contributed by atoms with Gasteiger partial charge in [0, 0.05) is 6.61 Å². The molecule has 1 atom stereocenters. The number of hydrogen-bond donors (Lipinski definition) is 0. The van der Waals surface area contributed by atoms with Crippen molar-refractivity contribution in [3.05, 3.63) is 29.0 Å². The summed E-state index contributed by atoms with van der Waals surface area (Å²) in [5.74, 6) is 1.26. The van der Waals surface area contributed by atoms with Gasteiger partial charge in [-0.25, -0.2) is 4.98 Å². The summed E-state index contributed by atoms with van der Waals surface area (Å²) in [7, 11) is 0. The smallest absolute Gasteiger partial charge is 0.125 e. The first-order valence-electron chi connectivity index (χ1n) is 6.10. The minimum Gasteiger partial charge on any atom is -0.379 e. The van der Waals surface area contributed by atoms with E-state index in [1.165, 1.54) is 0 Å². The Kier molecular flexibility index (Phi) is 3.46. The van der Waals surface area contributed by atoms with E-state index in [4.69, 9.17) is 27.9 Å². The molecule has 0 saturated carbocycles. The van der Waals surface area contributed by atoms with Crippen LogP contribution in [0.15, 0.2) is 18.2 Å². The van der Waals surface area contributed by atoms with Gasteiger partial charge in [0.15, 0.2) is 0 Å². The summed E-state index contributed by atoms with van der Waals surface area (Å²) in [6, 6.07) is 6.07. The first kappa shape index (κ1) is 12.3. The van der Waals surface area contributed by atoms with E-state index in [0.29, 0.717) is 12.5 Å². The highest BCUT2D eigenvalue weighted by molar-refractivity contribution is 6.35. The van der Waals surface area contributed by atoms with Crippen molar-refractivity contribution in [1.29, 1.82) is 0 Å². The van der Waals surface area contributed by atoms with Crippen molar-refractivity contribution >= 4 is 34.2 Å². The molecule has 18 heavy (non-hydrogen) atoms. The van der Waals surface area contributed by atoms with Gasteiger partial charge in [-0.2, -0.15) is 0 Å². The largest absolute Gasteiger partial charge is 0.379 e. The second-order valence-electron chi connectivity index (χ2n) is 4.51. The second-order valence-corrected chi connectivity index (χ2v) is 5.18. The van der Waals surface area contributed by atoms with Crippen molar-refractivity contribution < 1.29 is 4.74 Å². The molecule has 5 heteroatoms. The number of halogens is 2. The summed E-state index contributed by atoms with van der Waals surface area (Å²) in [4.78, 5) is 4.56. The second kappa shape index (κ2) is 5.08. The van der Waals surface area contributed by atoms with E-state index in [1.807, 2.05) is 18.2 Å². The lowest BCUT2D eigenvalue weighted by atomic mass is 10.1. The van der Waals surface area contributed by atoms with Gasteiger partial charge < -0.3 is 9.30 Å². The number of rotatable bonds is 2. The molecule has 2 aromatic rings. The van der Waals surface area contributed by atoms with Crippen molar-refractivity contribution in [3.8, 4) is 0 Å². The average Bonchev–Trinajstić information content (AvgIpc) is 2.79. The van der Waals surface area contributed by atoms with E-state index < -0.39 is 0 Å². The maximum atomic E-state index is 6.31. The van der Waals surface area contributed by atoms with Crippen molar-refractivity contribution in [2.75, 3.05) is 13.2 Å². The van der Waals surface area contributed by atoms with E-state index in [1.54, 1.807) is 0 Å². The van der Waals surface area contributed by atoms with E-state index in [9.17, 15) is 0 Å². The van der Waals surface area contributed by atoms with Gasteiger partial charge in [-0.15, -0.1) is 11.6 Å². The third kappa shape index (κ3) is 2.00. The van der Waals surface area contributed by atoms with Crippen molar-refractivity contribution in [1.82, 2.24) is 9.55 Å². The van der Waals surface area contributed by atoms with Crippen LogP contribution in [0.2, 0.25) is 5.02 Å². The van der Waals surface area contributed by atoms with Crippen LogP contribution in [0.4, 0.5) is 0 Å². The number of alkyl halides is 1. The number of aromatic nitrogens is 2. The summed E-state index contributed by atoms with van der Waals surface area (Å²) in [6.45, 7) is 1.55. The van der Waals surface area contributed by atoms with Crippen LogP contribution in [-0.4, -0.2) is 22.8 Å². The molecule has 0 amide bonds. The molecule has 1 fully saturated rings. The highest BCUT2D eigenvalue weighted by Crippen LogP contribution is 2.31. The molecule has 0 spiro atoms. The minimum atomic E-state index is 0.289. The summed E-state index contributed by atoms with van der Waals surface area (Å²) in [5, 5.41) is 0.724. The molecule has 0 N–H and O–H groups in total. The molecule has 1 saturated heterocycles. The van der Waals surface area contributed by atoms with E-state index in [2.05, 4.69) is 9.55 Å². The van der Waals surface area contributed by atoms with Crippen LogP contribution in [0, 0.1) is 0 Å². The zero-order valence-corrected chi connectivity index (χ0v) is 11.4. The summed E-state index contributed by atoms with van der Waals surface area (Å²) in [5.41, 5.74) is 1.88. The fourth-order valence-electron chi connectivity index (χ4n) is 2.57. The molecule has 3 rings (SSSR count). The molecule has 0 aliphatic carbocycles. The molecule has 3 nitrogen and oxygen atoms in total. The van der Waals surface area contributed by atoms with E-state index in [0.717, 1.165) is 41.3 Å². The Balaban J connectivity index is 2.17. The first-order chi connectivity index (χ1) is 8.81. The van der Waals surface area contributed by atoms with Gasteiger partial charge in [-0.05, 0) is 25.0 Å². The summed E-state index contributed by atoms with van der Waals surface area (Å²) < 4.78 is 7.72. The van der Waals surface area contributed by atoms with E-state index in [-0.39, 0.29) is 6.04 Å². The van der Waals surface area contributed by atoms with Gasteiger partial charge in [0.2, 0.25) is 0 Å². The predicted octanol–water partition coefficient (Wildman–Crippen LogP) is 3.78. The number of ether oxygens (including phenoxy) is 1. The number of hydrogen-bond acceptors (Lipinski definition) is 2. The number of fused-ring (bicyclic) bond motifs is 1. The monoisotopic (exact) mass is 284 g/mol. The van der Waals surface area contributed by atoms with Crippen LogP contribution < -0.4 is 0 Å². The van der Waals surface area contributed by atoms with Gasteiger partial charge >= 0.3 is 0 Å². The van der Waals surface area contributed by atoms with Crippen LogP contribution in [0.5, 0.6) is 0 Å². The molecule has 0 bridgehead atoms. The maximum Gasteiger partial charge on any atom is 0.125 e. The molecule has 1 aliphatic rings. The molecular formula is C13H14Cl2N2O. The van der Waals surface area contributed by atoms with Gasteiger partial charge in [0.25, 0.3) is 0 Å². The molecule has 96 valence electrons. The van der Waals surface area contributed by atoms with Gasteiger partial charge in [0.05, 0.1) is 34.6 Å². The van der Waals surface area contributed by atoms with Crippen LogP contribution in [0.1, 0.15) is 24.7 Å². The van der Waals surface area contributed by atoms with Gasteiger partial charge in [-0.3, -0.25) is 0 Å². The highest BCUT2D eigenvalue weighted by atomic mass is 35.5. The van der Waals surface area contributed by atoms with Crippen LogP contribution in [0.25, 0.3) is 11.0 Å². The SMILES string of the molecule is ClCc1nc2cccc(Cl)c2n1C1CCCOC1. The van der Waals surface area contributed by atoms with Crippen LogP contribution in [-0.2, 0) is 10.6 Å². The first-order valence-corrected chi connectivity index (χ1v) is 7.01. The number of nitrogens with zero attached hydrogens (tertiary/aromatic N) is 2. The van der Waals surface area contributed by atoms with Gasteiger partial charge in [0.1, 0.15) is 5.82 Å². The number of para-hydroxylation sites is 1. The van der Waals surface area contributed by atoms with Crippen LogP contribution in [0.3, 0.4) is 0 Å². The highest BCUT2D eigenvalue weighted by Gasteiger charge is 2.22. The summed E-state index contributed by atoms with van der Waals surface area (Å²) >= 11 is 12.3. The Morgan fingerprint density at radius 1 is 1.44 bits per heavy atom. The lowest BCUT2D eigenvalue weighted by Gasteiger charge is -2.25. The topological polar surface area (TPSA) is 27.1 Å². The average molecular weight is 285 g/mol. The Labute approximate surface area is 116 Å². The Morgan fingerprint density at radius 2 is 2.33 bits per heavy atom. The molecular weight excluding hydrogens is 271 g/mol. The summed E-state index contributed by atoms with van der Waals surface area (Å²) in [6.07, 6.45) is 2.15. The molecule has 1 aliphatic heterocycles. The predicted molar refractivity (Wildman–Crippen MR) is 73.4 cm³/mol. The minimum absolute atomic E-state index is 0.289. The fraction of sp³-hybridized carbons (Fsp3) is 0.462. The zero-order chi connectivity index (χ0) is 12.5. The number of benzene rings is 1. The lowest BCUT2D eigenvalue weighted by molar-refractivity contribution is 0.0597. The number of imidazole rings is 1. The Morgan fingerprint density at radius 3 is 3.06 bits per heavy atom. The fourth-order valence-corrected chi connectivity index (χ4v) is 3.02. The third-order valence-corrected chi connectivity index (χ3v) is 3.90. The molecule has 1 unspecified atom stereocenters. The Bertz CT molecular complexity index is 561. The standard InChI is InChI=1S/C13H14Cl2N2O/c14-7-12-16-11-5-1-4-10(15)13(11)17(12)9-3-2-6-18-8-9/h1,4-5,9H,2-3,6-8H2. The van der Waals surface area contributed by atoms with Crippen molar-refractivity contribution in [2.45, 2.75) is 24.8 Å². The zero-order valence-electron chi connectivity index (χ0n) is 9.90. The van der Waals surface area contributed by atoms with Crippen molar-refractivity contribution in [2.24, 2.45) is 0 Å². The maximum absolute atomic E-state index is 6.31. The normalized spacial score (nSPS) is 20.4.